The van der Waals surface area contributed by atoms with Gasteiger partial charge in [-0.25, -0.2) is 4.79 Å². The lowest BCUT2D eigenvalue weighted by molar-refractivity contribution is -0.141. The number of aliphatic carboxylic acids is 2. The van der Waals surface area contributed by atoms with Gasteiger partial charge < -0.3 is 30.2 Å². The molecule has 0 aliphatic heterocycles. The number of benzene rings is 1. The summed E-state index contributed by atoms with van der Waals surface area (Å²) in [7, 11) is -5.05. The summed E-state index contributed by atoms with van der Waals surface area (Å²) >= 11 is 11.6. The van der Waals surface area contributed by atoms with Crippen molar-refractivity contribution in [2.24, 2.45) is 0 Å². The Labute approximate surface area is 201 Å². The molecule has 0 heterocycles. The van der Waals surface area contributed by atoms with Crippen molar-refractivity contribution in [3.05, 3.63) is 40.7 Å². The van der Waals surface area contributed by atoms with Crippen LogP contribution in [0.25, 0.3) is 0 Å². The van der Waals surface area contributed by atoms with Crippen molar-refractivity contribution in [2.75, 3.05) is 29.7 Å². The van der Waals surface area contributed by atoms with Crippen LogP contribution in [0.1, 0.15) is 25.3 Å². The molecule has 0 radical (unpaired) electrons. The number of amides is 1. The second-order valence-corrected chi connectivity index (χ2v) is 9.38. The Kier molecular flexibility index (Phi) is 11.9. The Hall–Kier alpha value is -2.10. The lowest BCUT2D eigenvalue weighted by Gasteiger charge is -2.23. The van der Waals surface area contributed by atoms with E-state index < -0.39 is 48.8 Å². The fourth-order valence-corrected chi connectivity index (χ4v) is 4.48. The number of carbonyl (C=O) groups is 3. The van der Waals surface area contributed by atoms with Crippen molar-refractivity contribution in [1.82, 2.24) is 5.32 Å². The van der Waals surface area contributed by atoms with Crippen molar-refractivity contribution >= 4 is 54.3 Å². The molecule has 0 aliphatic rings. The number of hydrogen-bond acceptors (Lipinski definition) is 5. The van der Waals surface area contributed by atoms with E-state index in [1.807, 2.05) is 4.90 Å². The molecule has 1 atom stereocenters. The number of carbonyl (C=O) groups excluding carboxylic acids is 1. The van der Waals surface area contributed by atoms with E-state index in [-0.39, 0.29) is 12.8 Å². The molecule has 13 heteroatoms. The van der Waals surface area contributed by atoms with Crippen molar-refractivity contribution in [1.29, 1.82) is 0 Å². The Morgan fingerprint density at radius 2 is 1.61 bits per heavy atom. The largest absolute Gasteiger partial charge is 0.481 e. The zero-order chi connectivity index (χ0) is 25.2. The molecule has 0 bridgehead atoms. The first-order valence-corrected chi connectivity index (χ1v) is 12.6. The predicted octanol–water partition coefficient (Wildman–Crippen LogP) is 2.40. The van der Waals surface area contributed by atoms with E-state index in [0.717, 1.165) is 5.69 Å². The normalized spacial score (nSPS) is 13.1. The van der Waals surface area contributed by atoms with Gasteiger partial charge in [0.15, 0.2) is 0 Å². The molecule has 0 spiro atoms. The van der Waals surface area contributed by atoms with Crippen LogP contribution in [-0.4, -0.2) is 68.7 Å². The SMILES string of the molecule is CC/C(C(=O)NC(Cc1ccc(N(CCCl)CCCl)cc1)C(=O)O)=C(/CC(=O)O)P(=O)(O)O. The molecule has 1 unspecified atom stereocenters. The van der Waals surface area contributed by atoms with E-state index in [1.54, 1.807) is 24.3 Å². The summed E-state index contributed by atoms with van der Waals surface area (Å²) in [6.07, 6.45) is -1.34. The van der Waals surface area contributed by atoms with Crippen LogP contribution in [0.15, 0.2) is 35.2 Å². The van der Waals surface area contributed by atoms with Crippen molar-refractivity contribution < 1.29 is 38.9 Å². The third-order valence-corrected chi connectivity index (χ3v) is 6.17. The molecule has 0 fully saturated rings. The number of carboxylic acids is 2. The van der Waals surface area contributed by atoms with Crippen LogP contribution in [0, 0.1) is 0 Å². The summed E-state index contributed by atoms with van der Waals surface area (Å²) in [4.78, 5) is 56.3. The van der Waals surface area contributed by atoms with Crippen molar-refractivity contribution in [2.45, 2.75) is 32.2 Å². The van der Waals surface area contributed by atoms with Crippen LogP contribution in [0.5, 0.6) is 0 Å². The van der Waals surface area contributed by atoms with E-state index in [9.17, 15) is 33.8 Å². The van der Waals surface area contributed by atoms with Gasteiger partial charge >= 0.3 is 19.5 Å². The number of anilines is 1. The third-order valence-electron chi connectivity index (χ3n) is 4.70. The third kappa shape index (κ3) is 9.35. The highest BCUT2D eigenvalue weighted by atomic mass is 35.5. The van der Waals surface area contributed by atoms with Crippen LogP contribution in [-0.2, 0) is 25.4 Å². The molecular formula is C20H27Cl2N2O8P. The Bertz CT molecular complexity index is 911. The number of alkyl halides is 2. The van der Waals surface area contributed by atoms with Gasteiger partial charge in [-0.15, -0.1) is 23.2 Å². The van der Waals surface area contributed by atoms with Crippen LogP contribution < -0.4 is 10.2 Å². The van der Waals surface area contributed by atoms with Gasteiger partial charge in [-0.05, 0) is 24.1 Å². The number of hydrogen-bond donors (Lipinski definition) is 5. The summed E-state index contributed by atoms with van der Waals surface area (Å²) in [5.74, 6) is -3.13. The average molecular weight is 525 g/mol. The summed E-state index contributed by atoms with van der Waals surface area (Å²) in [5.41, 5.74) is 0.975. The van der Waals surface area contributed by atoms with Crippen LogP contribution >= 0.6 is 30.8 Å². The first kappa shape index (κ1) is 28.9. The fourth-order valence-electron chi connectivity index (χ4n) is 3.12. The quantitative estimate of drug-likeness (QED) is 0.139. The van der Waals surface area contributed by atoms with Gasteiger partial charge in [0, 0.05) is 42.5 Å². The van der Waals surface area contributed by atoms with Crippen molar-refractivity contribution in [3.8, 4) is 0 Å². The molecule has 1 aromatic rings. The van der Waals surface area contributed by atoms with Gasteiger partial charge in [-0.3, -0.25) is 14.2 Å². The molecule has 1 rings (SSSR count). The first-order chi connectivity index (χ1) is 15.4. The second-order valence-electron chi connectivity index (χ2n) is 6.99. The van der Waals surface area contributed by atoms with Gasteiger partial charge in [-0.1, -0.05) is 19.1 Å². The van der Waals surface area contributed by atoms with Crippen LogP contribution in [0.3, 0.4) is 0 Å². The summed E-state index contributed by atoms with van der Waals surface area (Å²) in [5, 5.41) is 19.9. The fraction of sp³-hybridized carbons (Fsp3) is 0.450. The highest BCUT2D eigenvalue weighted by molar-refractivity contribution is 7.56. The van der Waals surface area contributed by atoms with Crippen molar-refractivity contribution in [3.63, 3.8) is 0 Å². The Morgan fingerprint density at radius 1 is 1.06 bits per heavy atom. The molecule has 184 valence electrons. The standard InChI is InChI=1S/C20H27Cl2N2O8P/c1-2-15(17(12-18(25)26)33(30,31)32)19(27)23-16(20(28)29)11-13-3-5-14(6-4-13)24(9-7-21)10-8-22/h3-6,16H,2,7-12H2,1H3,(H,23,27)(H,25,26)(H,28,29)(H2,30,31,32)/b17-15+. The molecule has 33 heavy (non-hydrogen) atoms. The topological polar surface area (TPSA) is 164 Å². The lowest BCUT2D eigenvalue weighted by atomic mass is 10.0. The minimum Gasteiger partial charge on any atom is -0.481 e. The maximum absolute atomic E-state index is 12.6. The monoisotopic (exact) mass is 524 g/mol. The van der Waals surface area contributed by atoms with E-state index in [2.05, 4.69) is 5.32 Å². The number of rotatable bonds is 14. The zero-order valence-electron chi connectivity index (χ0n) is 17.9. The number of nitrogens with one attached hydrogen (secondary N) is 1. The highest BCUT2D eigenvalue weighted by Gasteiger charge is 2.31. The minimum absolute atomic E-state index is 0.104. The maximum Gasteiger partial charge on any atom is 0.353 e. The smallest absolute Gasteiger partial charge is 0.353 e. The molecular weight excluding hydrogens is 498 g/mol. The van der Waals surface area contributed by atoms with E-state index in [4.69, 9.17) is 28.3 Å². The molecule has 10 nitrogen and oxygen atoms in total. The molecule has 0 saturated carbocycles. The zero-order valence-corrected chi connectivity index (χ0v) is 20.3. The number of halogens is 2. The van der Waals surface area contributed by atoms with E-state index in [1.165, 1.54) is 6.92 Å². The number of carboxylic acid groups (broad SMARTS) is 2. The van der Waals surface area contributed by atoms with Gasteiger partial charge in [0.25, 0.3) is 0 Å². The maximum atomic E-state index is 12.6. The summed E-state index contributed by atoms with van der Waals surface area (Å²) < 4.78 is 11.7. The molecule has 0 saturated heterocycles. The highest BCUT2D eigenvalue weighted by Crippen LogP contribution is 2.49. The van der Waals surface area contributed by atoms with Gasteiger partial charge in [0.2, 0.25) is 5.91 Å². The summed E-state index contributed by atoms with van der Waals surface area (Å²) in [6.45, 7) is 2.56. The van der Waals surface area contributed by atoms with Gasteiger partial charge in [0.05, 0.1) is 11.7 Å². The first-order valence-electron chi connectivity index (χ1n) is 9.93. The Morgan fingerprint density at radius 3 is 2.00 bits per heavy atom. The van der Waals surface area contributed by atoms with Gasteiger partial charge in [-0.2, -0.15) is 0 Å². The second kappa shape index (κ2) is 13.6. The minimum atomic E-state index is -5.05. The van der Waals surface area contributed by atoms with E-state index in [0.29, 0.717) is 30.4 Å². The molecule has 0 aromatic heterocycles. The molecule has 1 amide bonds. The Balaban J connectivity index is 3.11. The predicted molar refractivity (Wildman–Crippen MR) is 125 cm³/mol. The summed E-state index contributed by atoms with van der Waals surface area (Å²) in [6, 6.07) is 5.51. The van der Waals surface area contributed by atoms with Crippen LogP contribution in [0.4, 0.5) is 5.69 Å². The van der Waals surface area contributed by atoms with E-state index >= 15 is 0 Å². The lowest BCUT2D eigenvalue weighted by Crippen LogP contribution is -2.43. The molecule has 0 aliphatic carbocycles. The average Bonchev–Trinajstić information content (AvgIpc) is 2.72. The van der Waals surface area contributed by atoms with Gasteiger partial charge in [0.1, 0.15) is 6.04 Å². The van der Waals surface area contributed by atoms with Crippen LogP contribution in [0.2, 0.25) is 0 Å². The molecule has 5 N–H and O–H groups in total. The number of nitrogens with zero attached hydrogens (tertiary/aromatic N) is 1. The molecule has 1 aromatic carbocycles.